The molecule has 1 aromatic carbocycles. The third kappa shape index (κ3) is 3.21. The average molecular weight is 265 g/mol. The monoisotopic (exact) mass is 265 g/mol. The van der Waals surface area contributed by atoms with Crippen molar-refractivity contribution in [1.82, 2.24) is 0 Å². The van der Waals surface area contributed by atoms with Gasteiger partial charge in [-0.15, -0.1) is 0 Å². The molecule has 1 fully saturated rings. The van der Waals surface area contributed by atoms with Crippen molar-refractivity contribution in [2.75, 3.05) is 7.11 Å². The van der Waals surface area contributed by atoms with Crippen molar-refractivity contribution in [3.63, 3.8) is 0 Å². The van der Waals surface area contributed by atoms with E-state index in [0.717, 1.165) is 12.8 Å². The summed E-state index contributed by atoms with van der Waals surface area (Å²) in [5, 5.41) is 11.0. The molecule has 0 spiro atoms. The molecule has 6 heteroatoms. The highest BCUT2D eigenvalue weighted by atomic mass is 16.6. The lowest BCUT2D eigenvalue weighted by Gasteiger charge is -2.22. The SMILES string of the molecule is COc1ccc(OC2CCCC(=O)C2)c([N+](=O)[O-])c1. The summed E-state index contributed by atoms with van der Waals surface area (Å²) in [6.45, 7) is 0. The molecule has 1 aliphatic rings. The second kappa shape index (κ2) is 5.69. The molecule has 1 atom stereocenters. The van der Waals surface area contributed by atoms with Gasteiger partial charge in [0, 0.05) is 12.8 Å². The lowest BCUT2D eigenvalue weighted by molar-refractivity contribution is -0.386. The van der Waals surface area contributed by atoms with Crippen molar-refractivity contribution in [3.05, 3.63) is 28.3 Å². The van der Waals surface area contributed by atoms with Crippen LogP contribution in [-0.2, 0) is 4.79 Å². The molecular weight excluding hydrogens is 250 g/mol. The van der Waals surface area contributed by atoms with E-state index in [1.54, 1.807) is 6.07 Å². The zero-order chi connectivity index (χ0) is 13.8. The zero-order valence-electron chi connectivity index (χ0n) is 10.6. The first-order valence-corrected chi connectivity index (χ1v) is 6.11. The number of Topliss-reactive ketones (excluding diaryl/α,β-unsaturated/α-hetero) is 1. The Bertz CT molecular complexity index is 500. The van der Waals surface area contributed by atoms with Crippen LogP contribution < -0.4 is 9.47 Å². The lowest BCUT2D eigenvalue weighted by atomic mass is 9.96. The summed E-state index contributed by atoms with van der Waals surface area (Å²) in [4.78, 5) is 21.8. The fourth-order valence-corrected chi connectivity index (χ4v) is 2.13. The van der Waals surface area contributed by atoms with Gasteiger partial charge in [-0.2, -0.15) is 0 Å². The van der Waals surface area contributed by atoms with E-state index < -0.39 is 4.92 Å². The van der Waals surface area contributed by atoms with Crippen LogP contribution in [0.2, 0.25) is 0 Å². The Kier molecular flexibility index (Phi) is 3.99. The molecule has 1 saturated carbocycles. The van der Waals surface area contributed by atoms with E-state index in [2.05, 4.69) is 0 Å². The molecule has 0 saturated heterocycles. The molecule has 0 amide bonds. The van der Waals surface area contributed by atoms with Gasteiger partial charge in [-0.25, -0.2) is 0 Å². The van der Waals surface area contributed by atoms with Crippen molar-refractivity contribution >= 4 is 11.5 Å². The number of ether oxygens (including phenoxy) is 2. The zero-order valence-corrected chi connectivity index (χ0v) is 10.6. The normalized spacial score (nSPS) is 19.0. The molecule has 0 aliphatic heterocycles. The smallest absolute Gasteiger partial charge is 0.314 e. The van der Waals surface area contributed by atoms with Gasteiger partial charge in [-0.1, -0.05) is 0 Å². The van der Waals surface area contributed by atoms with Crippen LogP contribution in [0.1, 0.15) is 25.7 Å². The lowest BCUT2D eigenvalue weighted by Crippen LogP contribution is -2.25. The molecule has 1 unspecified atom stereocenters. The maximum atomic E-state index is 11.3. The molecule has 1 aromatic rings. The number of carbonyl (C=O) groups excluding carboxylic acids is 1. The molecule has 0 heterocycles. The summed E-state index contributed by atoms with van der Waals surface area (Å²) in [7, 11) is 1.44. The van der Waals surface area contributed by atoms with Crippen molar-refractivity contribution in [3.8, 4) is 11.5 Å². The number of ketones is 1. The first-order valence-electron chi connectivity index (χ1n) is 6.11. The highest BCUT2D eigenvalue weighted by Crippen LogP contribution is 2.33. The van der Waals surface area contributed by atoms with Gasteiger partial charge >= 0.3 is 5.69 Å². The number of methoxy groups -OCH3 is 1. The van der Waals surface area contributed by atoms with Crippen LogP contribution in [0.3, 0.4) is 0 Å². The van der Waals surface area contributed by atoms with Gasteiger partial charge in [0.2, 0.25) is 0 Å². The van der Waals surface area contributed by atoms with Crippen molar-refractivity contribution in [2.45, 2.75) is 31.8 Å². The molecule has 19 heavy (non-hydrogen) atoms. The Morgan fingerprint density at radius 3 is 2.84 bits per heavy atom. The number of nitro benzene ring substituents is 1. The summed E-state index contributed by atoms with van der Waals surface area (Å²) in [5.74, 6) is 0.733. The van der Waals surface area contributed by atoms with E-state index in [1.165, 1.54) is 19.2 Å². The Hall–Kier alpha value is -2.11. The van der Waals surface area contributed by atoms with Crippen LogP contribution in [0.25, 0.3) is 0 Å². The van der Waals surface area contributed by atoms with Gasteiger partial charge in [0.25, 0.3) is 0 Å². The minimum atomic E-state index is -0.511. The van der Waals surface area contributed by atoms with Crippen molar-refractivity contribution in [2.24, 2.45) is 0 Å². The third-order valence-electron chi connectivity index (χ3n) is 3.09. The van der Waals surface area contributed by atoms with E-state index in [-0.39, 0.29) is 23.3 Å². The predicted octanol–water partition coefficient (Wildman–Crippen LogP) is 2.49. The molecule has 0 N–H and O–H groups in total. The fourth-order valence-electron chi connectivity index (χ4n) is 2.13. The number of carbonyl (C=O) groups is 1. The molecule has 1 aliphatic carbocycles. The molecular formula is C13H15NO5. The number of nitro groups is 1. The number of hydrogen-bond donors (Lipinski definition) is 0. The Labute approximate surface area is 110 Å². The average Bonchev–Trinajstić information content (AvgIpc) is 2.39. The quantitative estimate of drug-likeness (QED) is 0.617. The van der Waals surface area contributed by atoms with Gasteiger partial charge in [0.15, 0.2) is 5.75 Å². The van der Waals surface area contributed by atoms with Crippen LogP contribution in [0.15, 0.2) is 18.2 Å². The van der Waals surface area contributed by atoms with Gasteiger partial charge < -0.3 is 9.47 Å². The van der Waals surface area contributed by atoms with Crippen LogP contribution >= 0.6 is 0 Å². The molecule has 102 valence electrons. The van der Waals surface area contributed by atoms with E-state index >= 15 is 0 Å². The highest BCUT2D eigenvalue weighted by Gasteiger charge is 2.24. The van der Waals surface area contributed by atoms with E-state index in [1.807, 2.05) is 0 Å². The van der Waals surface area contributed by atoms with Gasteiger partial charge in [-0.05, 0) is 25.0 Å². The van der Waals surface area contributed by atoms with E-state index in [9.17, 15) is 14.9 Å². The summed E-state index contributed by atoms with van der Waals surface area (Å²) in [6, 6.07) is 4.43. The Morgan fingerprint density at radius 2 is 2.21 bits per heavy atom. The van der Waals surface area contributed by atoms with Gasteiger partial charge in [-0.3, -0.25) is 14.9 Å². The van der Waals surface area contributed by atoms with Crippen molar-refractivity contribution in [1.29, 1.82) is 0 Å². The Morgan fingerprint density at radius 1 is 1.42 bits per heavy atom. The topological polar surface area (TPSA) is 78.7 Å². The van der Waals surface area contributed by atoms with Crippen LogP contribution in [0.4, 0.5) is 5.69 Å². The van der Waals surface area contributed by atoms with Gasteiger partial charge in [0.05, 0.1) is 18.1 Å². The number of rotatable bonds is 4. The second-order valence-corrected chi connectivity index (χ2v) is 4.47. The molecule has 6 nitrogen and oxygen atoms in total. The van der Waals surface area contributed by atoms with Gasteiger partial charge in [0.1, 0.15) is 17.6 Å². The summed E-state index contributed by atoms with van der Waals surface area (Å²) >= 11 is 0. The number of nitrogens with zero attached hydrogens (tertiary/aromatic N) is 1. The van der Waals surface area contributed by atoms with Crippen molar-refractivity contribution < 1.29 is 19.2 Å². The van der Waals surface area contributed by atoms with Crippen LogP contribution in [0.5, 0.6) is 11.5 Å². The molecule has 0 radical (unpaired) electrons. The first-order chi connectivity index (χ1) is 9.10. The molecule has 0 aromatic heterocycles. The first kappa shape index (κ1) is 13.3. The van der Waals surface area contributed by atoms with Crippen LogP contribution in [0, 0.1) is 10.1 Å². The van der Waals surface area contributed by atoms with E-state index in [0.29, 0.717) is 18.6 Å². The second-order valence-electron chi connectivity index (χ2n) is 4.47. The number of benzene rings is 1. The third-order valence-corrected chi connectivity index (χ3v) is 3.09. The largest absolute Gasteiger partial charge is 0.496 e. The maximum Gasteiger partial charge on any atom is 0.314 e. The minimum Gasteiger partial charge on any atom is -0.496 e. The molecule has 0 bridgehead atoms. The Balaban J connectivity index is 2.19. The predicted molar refractivity (Wildman–Crippen MR) is 67.5 cm³/mol. The number of hydrogen-bond acceptors (Lipinski definition) is 5. The highest BCUT2D eigenvalue weighted by molar-refractivity contribution is 5.79. The maximum absolute atomic E-state index is 11.3. The van der Waals surface area contributed by atoms with Crippen LogP contribution in [-0.4, -0.2) is 23.9 Å². The minimum absolute atomic E-state index is 0.141. The fraction of sp³-hybridized carbons (Fsp3) is 0.462. The molecule has 2 rings (SSSR count). The summed E-state index contributed by atoms with van der Waals surface area (Å²) < 4.78 is 10.6. The van der Waals surface area contributed by atoms with E-state index in [4.69, 9.17) is 9.47 Å². The standard InChI is InChI=1S/C13H15NO5/c1-18-10-5-6-13(12(8-10)14(16)17)19-11-4-2-3-9(15)7-11/h5-6,8,11H,2-4,7H2,1H3. The summed E-state index contributed by atoms with van der Waals surface area (Å²) in [6.07, 6.45) is 2.14. The summed E-state index contributed by atoms with van der Waals surface area (Å²) in [5.41, 5.74) is -0.141.